The molecule has 23 heavy (non-hydrogen) atoms. The van der Waals surface area contributed by atoms with E-state index in [9.17, 15) is 8.42 Å². The molecule has 0 bridgehead atoms. The van der Waals surface area contributed by atoms with Crippen molar-refractivity contribution in [3.05, 3.63) is 59.3 Å². The van der Waals surface area contributed by atoms with Crippen molar-refractivity contribution in [3.63, 3.8) is 0 Å². The molecule has 0 saturated heterocycles. The monoisotopic (exact) mass is 346 g/mol. The lowest BCUT2D eigenvalue weighted by molar-refractivity contribution is -0.642. The van der Waals surface area contributed by atoms with Crippen molar-refractivity contribution in [1.82, 2.24) is 5.10 Å². The highest BCUT2D eigenvalue weighted by Gasteiger charge is 2.30. The number of benzene rings is 1. The summed E-state index contributed by atoms with van der Waals surface area (Å²) in [6, 6.07) is 11.0. The fourth-order valence-electron chi connectivity index (χ4n) is 1.91. The van der Waals surface area contributed by atoms with E-state index < -0.39 is 14.5 Å². The molecule has 8 heteroatoms. The molecule has 6 nitrogen and oxygen atoms in total. The first-order valence-electron chi connectivity index (χ1n) is 6.42. The van der Waals surface area contributed by atoms with Crippen LogP contribution in [0, 0.1) is 18.3 Å². The first kappa shape index (κ1) is 16.8. The molecule has 1 unspecified atom stereocenters. The fourth-order valence-corrected chi connectivity index (χ4v) is 3.81. The number of sulfone groups is 1. The number of nitriles is 1. The highest BCUT2D eigenvalue weighted by atomic mass is 35.5. The van der Waals surface area contributed by atoms with Gasteiger partial charge >= 0.3 is 5.70 Å². The molecule has 0 fully saturated rings. The molecule has 0 amide bonds. The van der Waals surface area contributed by atoms with Crippen LogP contribution in [0.3, 0.4) is 0 Å². The van der Waals surface area contributed by atoms with Gasteiger partial charge in [0.2, 0.25) is 6.20 Å². The number of alkyl halides is 1. The number of rotatable bonds is 4. The van der Waals surface area contributed by atoms with E-state index >= 15 is 0 Å². The second kappa shape index (κ2) is 6.71. The van der Waals surface area contributed by atoms with Crippen LogP contribution in [0.2, 0.25) is 0 Å². The summed E-state index contributed by atoms with van der Waals surface area (Å²) in [6.45, 7) is 1.56. The molecule has 1 heterocycles. The van der Waals surface area contributed by atoms with E-state index in [0.717, 1.165) is 4.68 Å². The largest absolute Gasteiger partial charge is 0.757 e. The number of nitrogens with zero attached hydrogens (tertiary/aromatic N) is 4. The third-order valence-electron chi connectivity index (χ3n) is 3.10. The molecule has 0 radical (unpaired) electrons. The van der Waals surface area contributed by atoms with E-state index in [1.165, 1.54) is 24.4 Å². The SMILES string of the molecule is Cc1n[n+](C(=C=[N-])C#N)ccc1C(Cl)S(=O)(=O)c1ccccc1. The molecule has 0 N–H and O–H groups in total. The van der Waals surface area contributed by atoms with E-state index in [-0.39, 0.29) is 10.6 Å². The summed E-state index contributed by atoms with van der Waals surface area (Å²) < 4.78 is 24.8. The zero-order chi connectivity index (χ0) is 17.0. The smallest absolute Gasteiger partial charge is 0.335 e. The van der Waals surface area contributed by atoms with Gasteiger partial charge in [-0.2, -0.15) is 11.1 Å². The third-order valence-corrected chi connectivity index (χ3v) is 5.77. The van der Waals surface area contributed by atoms with Gasteiger partial charge in [0, 0.05) is 16.7 Å². The summed E-state index contributed by atoms with van der Waals surface area (Å²) in [4.78, 5) is 0.109. The predicted octanol–water partition coefficient (Wildman–Crippen LogP) is 1.99. The van der Waals surface area contributed by atoms with Crippen molar-refractivity contribution in [2.24, 2.45) is 0 Å². The van der Waals surface area contributed by atoms with Crippen LogP contribution in [-0.2, 0) is 9.84 Å². The van der Waals surface area contributed by atoms with Gasteiger partial charge in [-0.3, -0.25) is 0 Å². The molecular weight excluding hydrogens is 336 g/mol. The Balaban J connectivity index is 2.47. The van der Waals surface area contributed by atoms with Crippen LogP contribution in [0.25, 0.3) is 11.1 Å². The molecule has 1 atom stereocenters. The lowest BCUT2D eigenvalue weighted by Gasteiger charge is -2.12. The topological polar surface area (TPSA) is 97.0 Å². The van der Waals surface area contributed by atoms with E-state index in [2.05, 4.69) is 5.10 Å². The van der Waals surface area contributed by atoms with Crippen molar-refractivity contribution in [2.45, 2.75) is 16.5 Å². The average Bonchev–Trinajstić information content (AvgIpc) is 2.56. The molecule has 0 aliphatic rings. The van der Waals surface area contributed by atoms with Crippen molar-refractivity contribution in [2.75, 3.05) is 0 Å². The second-order valence-electron chi connectivity index (χ2n) is 4.55. The van der Waals surface area contributed by atoms with Crippen LogP contribution in [0.5, 0.6) is 0 Å². The van der Waals surface area contributed by atoms with Gasteiger partial charge in [0.05, 0.1) is 4.90 Å². The minimum absolute atomic E-state index is 0.109. The van der Waals surface area contributed by atoms with E-state index in [4.69, 9.17) is 22.3 Å². The maximum absolute atomic E-state index is 12.5. The summed E-state index contributed by atoms with van der Waals surface area (Å²) in [5.74, 6) is 1.70. The minimum atomic E-state index is -3.78. The molecule has 2 rings (SSSR count). The standard InChI is InChI=1S/C15H11ClN4O2S/c1-11-14(7-8-20(19-11)12(9-17)10-18)15(16)23(21,22)13-5-3-2-4-6-13/h2-8,15H,1H3. The highest BCUT2D eigenvalue weighted by molar-refractivity contribution is 7.92. The van der Waals surface area contributed by atoms with Gasteiger partial charge < -0.3 is 5.41 Å². The lowest BCUT2D eigenvalue weighted by atomic mass is 10.2. The third kappa shape index (κ3) is 3.30. The molecule has 116 valence electrons. The Morgan fingerprint density at radius 2 is 2.00 bits per heavy atom. The minimum Gasteiger partial charge on any atom is -0.757 e. The molecule has 0 aliphatic heterocycles. The number of hydrogen-bond acceptors (Lipinski definition) is 4. The van der Waals surface area contributed by atoms with E-state index in [0.29, 0.717) is 11.3 Å². The summed E-state index contributed by atoms with van der Waals surface area (Å²) in [7, 11) is -3.78. The van der Waals surface area contributed by atoms with Crippen LogP contribution in [0.15, 0.2) is 47.5 Å². The van der Waals surface area contributed by atoms with E-state index in [1.807, 2.05) is 0 Å². The zero-order valence-corrected chi connectivity index (χ0v) is 13.6. The van der Waals surface area contributed by atoms with Crippen LogP contribution in [0.1, 0.15) is 16.0 Å². The van der Waals surface area contributed by atoms with Crippen LogP contribution in [-0.4, -0.2) is 19.4 Å². The Morgan fingerprint density at radius 1 is 1.35 bits per heavy atom. The zero-order valence-electron chi connectivity index (χ0n) is 12.0. The van der Waals surface area contributed by atoms with Gasteiger partial charge in [0.25, 0.3) is 0 Å². The number of allylic oxidation sites excluding steroid dienone is 1. The first-order valence-corrected chi connectivity index (χ1v) is 8.40. The molecule has 0 saturated carbocycles. The normalized spacial score (nSPS) is 12.0. The number of hydrogen-bond donors (Lipinski definition) is 0. The Labute approximate surface area is 138 Å². The van der Waals surface area contributed by atoms with Gasteiger partial charge in [-0.1, -0.05) is 29.8 Å². The number of aromatic nitrogens is 2. The molecule has 0 spiro atoms. The van der Waals surface area contributed by atoms with Gasteiger partial charge in [-0.05, 0) is 23.7 Å². The molecule has 2 aromatic rings. The quantitative estimate of drug-likeness (QED) is 0.366. The van der Waals surface area contributed by atoms with Crippen molar-refractivity contribution in [1.29, 1.82) is 5.26 Å². The van der Waals surface area contributed by atoms with Gasteiger partial charge in [-0.15, -0.1) is 0 Å². The predicted molar refractivity (Wildman–Crippen MR) is 85.1 cm³/mol. The van der Waals surface area contributed by atoms with Crippen LogP contribution < -0.4 is 4.68 Å². The molecule has 0 aliphatic carbocycles. The van der Waals surface area contributed by atoms with Crippen LogP contribution in [0.4, 0.5) is 0 Å². The van der Waals surface area contributed by atoms with Crippen molar-refractivity contribution < 1.29 is 13.1 Å². The van der Waals surface area contributed by atoms with Crippen molar-refractivity contribution >= 4 is 33.0 Å². The first-order chi connectivity index (χ1) is 10.9. The Hall–Kier alpha value is -2.52. The summed E-state index contributed by atoms with van der Waals surface area (Å²) in [5.41, 5.74) is 0.383. The summed E-state index contributed by atoms with van der Waals surface area (Å²) in [5, 5.41) is 21.7. The summed E-state index contributed by atoms with van der Waals surface area (Å²) in [6.07, 6.45) is 1.33. The Morgan fingerprint density at radius 3 is 2.52 bits per heavy atom. The molecule has 1 aromatic heterocycles. The lowest BCUT2D eigenvalue weighted by Crippen LogP contribution is -2.37. The number of halogens is 1. The van der Waals surface area contributed by atoms with E-state index in [1.54, 1.807) is 37.1 Å². The Kier molecular flexibility index (Phi) is 4.92. The van der Waals surface area contributed by atoms with Gasteiger partial charge in [0.1, 0.15) is 5.69 Å². The Bertz CT molecular complexity index is 930. The van der Waals surface area contributed by atoms with Crippen LogP contribution >= 0.6 is 11.6 Å². The summed E-state index contributed by atoms with van der Waals surface area (Å²) >= 11 is 6.16. The van der Waals surface area contributed by atoms with Crippen molar-refractivity contribution in [3.8, 4) is 6.07 Å². The van der Waals surface area contributed by atoms with Gasteiger partial charge in [0.15, 0.2) is 20.6 Å². The number of aryl methyl sites for hydroxylation is 1. The van der Waals surface area contributed by atoms with Gasteiger partial charge in [-0.25, -0.2) is 8.42 Å². The highest BCUT2D eigenvalue weighted by Crippen LogP contribution is 2.33. The second-order valence-corrected chi connectivity index (χ2v) is 7.28. The fraction of sp³-hybridized carbons (Fsp3) is 0.133. The maximum atomic E-state index is 12.5. The molecule has 1 aromatic carbocycles. The molecular formula is C15H11ClN4O2S. The average molecular weight is 347 g/mol. The maximum Gasteiger partial charge on any atom is 0.335 e.